The van der Waals surface area contributed by atoms with Crippen LogP contribution in [-0.4, -0.2) is 23.2 Å². The standard InChI is InChI=1S/C16H22FN3O/c1-16(2,3)14-13(8-9-18)15(21)20(19-14)10-11-4-6-12(17)7-5-11/h4-7,13H,8-10,18H2,1-3H3. The molecule has 1 unspecified atom stereocenters. The van der Waals surface area contributed by atoms with Gasteiger partial charge in [-0.15, -0.1) is 0 Å². The lowest BCUT2D eigenvalue weighted by molar-refractivity contribution is -0.132. The number of amides is 1. The number of carbonyl (C=O) groups excluding carboxylic acids is 1. The maximum absolute atomic E-state index is 12.9. The number of hydrogen-bond acceptors (Lipinski definition) is 3. The molecule has 114 valence electrons. The minimum atomic E-state index is -0.286. The molecule has 0 radical (unpaired) electrons. The summed E-state index contributed by atoms with van der Waals surface area (Å²) in [6.07, 6.45) is 0.606. The molecule has 1 aromatic carbocycles. The van der Waals surface area contributed by atoms with Crippen molar-refractivity contribution in [1.29, 1.82) is 0 Å². The molecule has 0 spiro atoms. The Bertz CT molecular complexity index is 546. The van der Waals surface area contributed by atoms with E-state index in [1.807, 2.05) is 20.8 Å². The van der Waals surface area contributed by atoms with Crippen molar-refractivity contribution in [3.05, 3.63) is 35.6 Å². The summed E-state index contributed by atoms with van der Waals surface area (Å²) in [5.74, 6) is -0.545. The highest BCUT2D eigenvalue weighted by Crippen LogP contribution is 2.31. The molecule has 21 heavy (non-hydrogen) atoms. The molecule has 0 saturated heterocycles. The molecule has 0 aliphatic carbocycles. The van der Waals surface area contributed by atoms with Crippen LogP contribution in [0.3, 0.4) is 0 Å². The van der Waals surface area contributed by atoms with Crippen molar-refractivity contribution >= 4 is 11.6 Å². The summed E-state index contributed by atoms with van der Waals surface area (Å²) < 4.78 is 12.9. The smallest absolute Gasteiger partial charge is 0.251 e. The Morgan fingerprint density at radius 2 is 1.90 bits per heavy atom. The molecule has 0 fully saturated rings. The molecule has 1 amide bonds. The first kappa shape index (κ1) is 15.6. The second-order valence-corrected chi connectivity index (χ2v) is 6.39. The average Bonchev–Trinajstić information content (AvgIpc) is 2.71. The monoisotopic (exact) mass is 291 g/mol. The summed E-state index contributed by atoms with van der Waals surface area (Å²) in [7, 11) is 0. The zero-order valence-corrected chi connectivity index (χ0v) is 12.8. The number of nitrogens with zero attached hydrogens (tertiary/aromatic N) is 2. The minimum absolute atomic E-state index is 0.0188. The molecule has 1 aliphatic rings. The maximum atomic E-state index is 12.9. The Morgan fingerprint density at radius 1 is 1.29 bits per heavy atom. The second kappa shape index (κ2) is 5.93. The molecule has 1 heterocycles. The summed E-state index contributed by atoms with van der Waals surface area (Å²) in [5.41, 5.74) is 7.18. The van der Waals surface area contributed by atoms with Crippen molar-refractivity contribution in [3.8, 4) is 0 Å². The van der Waals surface area contributed by atoms with Crippen LogP contribution in [0.25, 0.3) is 0 Å². The highest BCUT2D eigenvalue weighted by atomic mass is 19.1. The molecule has 0 aromatic heterocycles. The van der Waals surface area contributed by atoms with Crippen LogP contribution in [0.4, 0.5) is 4.39 Å². The summed E-state index contributed by atoms with van der Waals surface area (Å²) in [6, 6.07) is 6.12. The van der Waals surface area contributed by atoms with Gasteiger partial charge in [0, 0.05) is 5.41 Å². The molecule has 2 rings (SSSR count). The molecular formula is C16H22FN3O. The Balaban J connectivity index is 2.22. The lowest BCUT2D eigenvalue weighted by atomic mass is 9.81. The predicted octanol–water partition coefficient (Wildman–Crippen LogP) is 2.53. The number of nitrogens with two attached hydrogens (primary N) is 1. The Hall–Kier alpha value is -1.75. The van der Waals surface area contributed by atoms with Gasteiger partial charge in [0.2, 0.25) is 0 Å². The van der Waals surface area contributed by atoms with Gasteiger partial charge in [0.1, 0.15) is 5.82 Å². The van der Waals surface area contributed by atoms with Gasteiger partial charge in [-0.25, -0.2) is 9.40 Å². The first-order valence-corrected chi connectivity index (χ1v) is 7.18. The van der Waals surface area contributed by atoms with Crippen molar-refractivity contribution in [2.75, 3.05) is 6.54 Å². The third-order valence-electron chi connectivity index (χ3n) is 3.58. The van der Waals surface area contributed by atoms with E-state index in [0.717, 1.165) is 11.3 Å². The number of hydrazone groups is 1. The summed E-state index contributed by atoms with van der Waals surface area (Å²) in [6.45, 7) is 6.95. The van der Waals surface area contributed by atoms with Gasteiger partial charge in [0.05, 0.1) is 18.2 Å². The van der Waals surface area contributed by atoms with Gasteiger partial charge in [-0.1, -0.05) is 32.9 Å². The normalized spacial score (nSPS) is 19.1. The molecule has 4 nitrogen and oxygen atoms in total. The quantitative estimate of drug-likeness (QED) is 0.926. The SMILES string of the molecule is CC(C)(C)C1=NN(Cc2ccc(F)cc2)C(=O)C1CCN. The van der Waals surface area contributed by atoms with Gasteiger partial charge < -0.3 is 5.73 Å². The third-order valence-corrected chi connectivity index (χ3v) is 3.58. The van der Waals surface area contributed by atoms with Crippen molar-refractivity contribution in [2.24, 2.45) is 22.2 Å². The third kappa shape index (κ3) is 3.47. The first-order chi connectivity index (χ1) is 9.82. The highest BCUT2D eigenvalue weighted by molar-refractivity contribution is 6.10. The fraction of sp³-hybridized carbons (Fsp3) is 0.500. The van der Waals surface area contributed by atoms with Crippen molar-refractivity contribution in [1.82, 2.24) is 5.01 Å². The molecule has 1 aromatic rings. The average molecular weight is 291 g/mol. The van der Waals surface area contributed by atoms with Gasteiger partial charge in [-0.2, -0.15) is 5.10 Å². The number of carbonyl (C=O) groups is 1. The Morgan fingerprint density at radius 3 is 2.43 bits per heavy atom. The van der Waals surface area contributed by atoms with Crippen molar-refractivity contribution in [2.45, 2.75) is 33.7 Å². The molecular weight excluding hydrogens is 269 g/mol. The van der Waals surface area contributed by atoms with E-state index in [2.05, 4.69) is 5.10 Å². The van der Waals surface area contributed by atoms with E-state index in [9.17, 15) is 9.18 Å². The first-order valence-electron chi connectivity index (χ1n) is 7.18. The molecule has 0 saturated carbocycles. The Kier molecular flexibility index (Phi) is 4.42. The molecule has 0 bridgehead atoms. The number of hydrogen-bond donors (Lipinski definition) is 1. The largest absolute Gasteiger partial charge is 0.330 e. The van der Waals surface area contributed by atoms with Crippen LogP contribution in [-0.2, 0) is 11.3 Å². The maximum Gasteiger partial charge on any atom is 0.251 e. The van der Waals surface area contributed by atoms with Crippen LogP contribution < -0.4 is 5.73 Å². The zero-order valence-electron chi connectivity index (χ0n) is 12.8. The van der Waals surface area contributed by atoms with E-state index in [4.69, 9.17) is 5.73 Å². The van der Waals surface area contributed by atoms with Crippen LogP contribution in [0.2, 0.25) is 0 Å². The Labute approximate surface area is 124 Å². The van der Waals surface area contributed by atoms with E-state index in [1.165, 1.54) is 17.1 Å². The van der Waals surface area contributed by atoms with E-state index in [0.29, 0.717) is 19.5 Å². The van der Waals surface area contributed by atoms with E-state index in [-0.39, 0.29) is 23.1 Å². The topological polar surface area (TPSA) is 58.7 Å². The number of rotatable bonds is 4. The van der Waals surface area contributed by atoms with Crippen LogP contribution >= 0.6 is 0 Å². The van der Waals surface area contributed by atoms with Crippen LogP contribution in [0.5, 0.6) is 0 Å². The van der Waals surface area contributed by atoms with Crippen LogP contribution in [0, 0.1) is 17.2 Å². The second-order valence-electron chi connectivity index (χ2n) is 6.39. The lowest BCUT2D eigenvalue weighted by Crippen LogP contribution is -2.33. The predicted molar refractivity (Wildman–Crippen MR) is 81.0 cm³/mol. The van der Waals surface area contributed by atoms with E-state index < -0.39 is 0 Å². The fourth-order valence-electron chi connectivity index (χ4n) is 2.52. The van der Waals surface area contributed by atoms with E-state index in [1.54, 1.807) is 12.1 Å². The lowest BCUT2D eigenvalue weighted by Gasteiger charge is -2.21. The van der Waals surface area contributed by atoms with Gasteiger partial charge in [-0.3, -0.25) is 4.79 Å². The molecule has 5 heteroatoms. The highest BCUT2D eigenvalue weighted by Gasteiger charge is 2.40. The number of benzene rings is 1. The summed E-state index contributed by atoms with van der Waals surface area (Å²) in [4.78, 5) is 12.5. The fourth-order valence-corrected chi connectivity index (χ4v) is 2.52. The van der Waals surface area contributed by atoms with Crippen molar-refractivity contribution in [3.63, 3.8) is 0 Å². The van der Waals surface area contributed by atoms with Gasteiger partial charge in [-0.05, 0) is 30.7 Å². The summed E-state index contributed by atoms with van der Waals surface area (Å²) >= 11 is 0. The van der Waals surface area contributed by atoms with Crippen LogP contribution in [0.1, 0.15) is 32.8 Å². The van der Waals surface area contributed by atoms with Crippen molar-refractivity contribution < 1.29 is 9.18 Å². The van der Waals surface area contributed by atoms with Gasteiger partial charge in [0.15, 0.2) is 0 Å². The summed E-state index contributed by atoms with van der Waals surface area (Å²) in [5, 5.41) is 5.99. The van der Waals surface area contributed by atoms with E-state index >= 15 is 0 Å². The zero-order chi connectivity index (χ0) is 15.6. The molecule has 2 N–H and O–H groups in total. The van der Waals surface area contributed by atoms with Crippen LogP contribution in [0.15, 0.2) is 29.4 Å². The van der Waals surface area contributed by atoms with Gasteiger partial charge in [0.25, 0.3) is 5.91 Å². The molecule has 1 aliphatic heterocycles. The molecule has 1 atom stereocenters. The number of halogens is 1. The van der Waals surface area contributed by atoms with Gasteiger partial charge >= 0.3 is 0 Å². The minimum Gasteiger partial charge on any atom is -0.330 e.